The van der Waals surface area contributed by atoms with Crippen LogP contribution in [0.2, 0.25) is 0 Å². The van der Waals surface area contributed by atoms with Crippen molar-refractivity contribution in [3.05, 3.63) is 87.9 Å². The molecule has 3 aliphatic heterocycles. The minimum Gasteiger partial charge on any atom is -0.466 e. The number of rotatable bonds is 16. The largest absolute Gasteiger partial charge is 0.466 e. The number of methoxy groups -OCH3 is 2. The molecule has 4 amide bonds. The van der Waals surface area contributed by atoms with Crippen LogP contribution in [0, 0.1) is 17.7 Å². The molecule has 5 atom stereocenters. The van der Waals surface area contributed by atoms with Gasteiger partial charge in [-0.3, -0.25) is 19.0 Å². The molecule has 4 N–H and O–H groups in total. The van der Waals surface area contributed by atoms with Crippen molar-refractivity contribution in [2.75, 3.05) is 33.9 Å². The van der Waals surface area contributed by atoms with E-state index in [0.717, 1.165) is 70.4 Å². The van der Waals surface area contributed by atoms with Crippen LogP contribution in [0.3, 0.4) is 0 Å². The number of unbranched alkanes of at least 4 members (excludes halogenated alkanes) is 1. The Bertz CT molecular complexity index is 3030. The van der Waals surface area contributed by atoms with Gasteiger partial charge < -0.3 is 49.3 Å². The SMILES string of the molecule is COC(=O)N[C@H](C(=O)N1CCC[C@@H]1c1cnc(-c2cc(F)c3c(c2)OC(c2ccc(CCCCOC(C)=O)s2)n2c-3cc3cc(-c4ncc([C@@H]5CCCN5C(=O)[C@@H](NC(=O)OC)C(C)C)[nH]4)ccc32)[nH]1)C(C)C. The van der Waals surface area contributed by atoms with Crippen molar-refractivity contribution in [1.82, 2.24) is 44.9 Å². The summed E-state index contributed by atoms with van der Waals surface area (Å²) >= 11 is 1.61. The molecule has 0 bridgehead atoms. The lowest BCUT2D eigenvalue weighted by Gasteiger charge is -2.30. The van der Waals surface area contributed by atoms with Crippen LogP contribution < -0.4 is 15.4 Å². The first-order valence-corrected chi connectivity index (χ1v) is 25.7. The highest BCUT2D eigenvalue weighted by atomic mass is 32.1. The highest BCUT2D eigenvalue weighted by Gasteiger charge is 2.39. The molecule has 7 heterocycles. The number of amides is 4. The number of H-pyrrole nitrogens is 2. The third-order valence-corrected chi connectivity index (χ3v) is 15.2. The van der Waals surface area contributed by atoms with Crippen LogP contribution in [0.4, 0.5) is 14.0 Å². The van der Waals surface area contributed by atoms with E-state index in [1.54, 1.807) is 39.6 Å². The normalized spacial score (nSPS) is 18.1. The summed E-state index contributed by atoms with van der Waals surface area (Å²) in [5, 5.41) is 6.23. The third-order valence-electron chi connectivity index (χ3n) is 14.0. The summed E-state index contributed by atoms with van der Waals surface area (Å²) in [6.07, 6.45) is 6.73. The van der Waals surface area contributed by atoms with E-state index in [0.29, 0.717) is 66.0 Å². The minimum atomic E-state index is -0.781. The number of aromatic amines is 2. The second-order valence-electron chi connectivity index (χ2n) is 19.5. The van der Waals surface area contributed by atoms with E-state index >= 15 is 4.39 Å². The van der Waals surface area contributed by atoms with E-state index in [1.165, 1.54) is 27.2 Å². The molecule has 1 unspecified atom stereocenters. The maximum absolute atomic E-state index is 17.0. The van der Waals surface area contributed by atoms with E-state index in [9.17, 15) is 24.0 Å². The zero-order valence-corrected chi connectivity index (χ0v) is 42.9. The number of thiophene rings is 1. The van der Waals surface area contributed by atoms with Crippen molar-refractivity contribution >= 4 is 52.2 Å². The number of hydrogen-bond acceptors (Lipinski definition) is 12. The molecule has 4 aromatic heterocycles. The summed E-state index contributed by atoms with van der Waals surface area (Å²) in [7, 11) is 2.54. The Morgan fingerprint density at radius 1 is 0.795 bits per heavy atom. The number of ether oxygens (including phenoxy) is 4. The van der Waals surface area contributed by atoms with Gasteiger partial charge in [-0.2, -0.15) is 0 Å². The maximum Gasteiger partial charge on any atom is 0.407 e. The van der Waals surface area contributed by atoms with Crippen molar-refractivity contribution in [3.63, 3.8) is 0 Å². The fourth-order valence-corrected chi connectivity index (χ4v) is 11.4. The van der Waals surface area contributed by atoms with Crippen molar-refractivity contribution in [3.8, 4) is 39.8 Å². The van der Waals surface area contributed by atoms with Gasteiger partial charge in [0.05, 0.1) is 78.3 Å². The fraction of sp³-hybridized carbons (Fsp3) is 0.453. The lowest BCUT2D eigenvalue weighted by atomic mass is 10.0. The van der Waals surface area contributed by atoms with Gasteiger partial charge in [0.1, 0.15) is 35.3 Å². The molecular weight excluding hydrogens is 958 g/mol. The first-order valence-electron chi connectivity index (χ1n) is 24.9. The molecule has 0 spiro atoms. The smallest absolute Gasteiger partial charge is 0.407 e. The van der Waals surface area contributed by atoms with Gasteiger partial charge in [0, 0.05) is 41.4 Å². The number of fused-ring (bicyclic) bond motifs is 5. The first kappa shape index (κ1) is 50.7. The standard InChI is InChI=1S/C53H62FN9O9S/c1-28(2)45(59-52(67)69-6)49(65)61-19-10-13-39(61)36-26-55-47(57-36)31-15-17-38-32(22-31)24-41-44-35(54)23-33(25-42(44)72-51(63(38)41)43-18-16-34(73-43)12-8-9-21-71-30(5)64)48-56-27-37(58-48)40-14-11-20-62(40)50(66)46(29(3)4)60-53(68)70-7/h15-18,22-29,39-40,45-46,51H,8-14,19-21H2,1-7H3,(H,55,57)(H,56,58)(H,59,67)(H,60,68)/t39-,40+,45-,46-,51?/m0/s1. The predicted molar refractivity (Wildman–Crippen MR) is 271 cm³/mol. The van der Waals surface area contributed by atoms with Crippen LogP contribution in [-0.4, -0.2) is 110 Å². The van der Waals surface area contributed by atoms with Crippen molar-refractivity contribution in [1.29, 1.82) is 0 Å². The second kappa shape index (κ2) is 21.5. The molecule has 0 radical (unpaired) electrons. The fourth-order valence-electron chi connectivity index (χ4n) is 10.3. The first-order chi connectivity index (χ1) is 35.1. The zero-order chi connectivity index (χ0) is 51.7. The molecular formula is C53H62FN9O9S. The summed E-state index contributed by atoms with van der Waals surface area (Å²) in [5.41, 5.74) is 4.47. The number of esters is 1. The van der Waals surface area contributed by atoms with E-state index in [1.807, 2.05) is 62.6 Å². The van der Waals surface area contributed by atoms with Gasteiger partial charge in [0.25, 0.3) is 0 Å². The predicted octanol–water partition coefficient (Wildman–Crippen LogP) is 9.20. The lowest BCUT2D eigenvalue weighted by Crippen LogP contribution is -2.51. The topological polar surface area (TPSA) is 215 Å². The number of aromatic nitrogens is 5. The number of halogens is 1. The number of carbonyl (C=O) groups excluding carboxylic acids is 5. The molecule has 2 saturated heterocycles. The molecule has 73 heavy (non-hydrogen) atoms. The van der Waals surface area contributed by atoms with Crippen LogP contribution in [0.5, 0.6) is 5.75 Å². The Labute approximate surface area is 426 Å². The number of benzene rings is 2. The monoisotopic (exact) mass is 1020 g/mol. The number of imidazole rings is 2. The van der Waals surface area contributed by atoms with Gasteiger partial charge >= 0.3 is 18.2 Å². The average molecular weight is 1020 g/mol. The number of nitrogens with one attached hydrogen (secondary N) is 4. The Balaban J connectivity index is 1.03. The Morgan fingerprint density at radius 2 is 1.40 bits per heavy atom. The summed E-state index contributed by atoms with van der Waals surface area (Å²) in [6, 6.07) is 13.2. The molecule has 9 rings (SSSR count). The Kier molecular flexibility index (Phi) is 14.9. The molecule has 18 nitrogen and oxygen atoms in total. The van der Waals surface area contributed by atoms with Gasteiger partial charge in [-0.05, 0) is 105 Å². The summed E-state index contributed by atoms with van der Waals surface area (Å²) in [4.78, 5) is 85.3. The van der Waals surface area contributed by atoms with Crippen LogP contribution in [0.1, 0.15) is 113 Å². The van der Waals surface area contributed by atoms with E-state index in [-0.39, 0.29) is 41.7 Å². The van der Waals surface area contributed by atoms with E-state index < -0.39 is 36.3 Å². The van der Waals surface area contributed by atoms with Crippen LogP contribution >= 0.6 is 11.3 Å². The van der Waals surface area contributed by atoms with Gasteiger partial charge in [-0.15, -0.1) is 11.3 Å². The van der Waals surface area contributed by atoms with E-state index in [4.69, 9.17) is 23.9 Å². The van der Waals surface area contributed by atoms with Crippen molar-refractivity contribution in [2.24, 2.45) is 11.8 Å². The number of aryl methyl sites for hydroxylation is 1. The molecule has 2 aromatic carbocycles. The highest BCUT2D eigenvalue weighted by molar-refractivity contribution is 7.12. The molecule has 3 aliphatic rings. The second-order valence-corrected chi connectivity index (χ2v) is 20.7. The molecule has 2 fully saturated rings. The summed E-state index contributed by atoms with van der Waals surface area (Å²) in [5.74, 6) is -0.202. The van der Waals surface area contributed by atoms with Crippen LogP contribution in [0.25, 0.3) is 44.9 Å². The molecule has 386 valence electrons. The van der Waals surface area contributed by atoms with Crippen LogP contribution in [0.15, 0.2) is 60.9 Å². The lowest BCUT2D eigenvalue weighted by molar-refractivity contribution is -0.141. The van der Waals surface area contributed by atoms with Crippen molar-refractivity contribution < 1.29 is 47.3 Å². The number of nitrogens with zero attached hydrogens (tertiary/aromatic N) is 5. The maximum atomic E-state index is 17.0. The quantitative estimate of drug-likeness (QED) is 0.0407. The summed E-state index contributed by atoms with van der Waals surface area (Å²) in [6.45, 7) is 10.3. The molecule has 0 saturated carbocycles. The molecule has 20 heteroatoms. The van der Waals surface area contributed by atoms with Gasteiger partial charge in [-0.25, -0.2) is 23.9 Å². The molecule has 6 aromatic rings. The minimum absolute atomic E-state index is 0.162. The summed E-state index contributed by atoms with van der Waals surface area (Å²) < 4.78 is 40.7. The number of likely N-dealkylation sites (tertiary alicyclic amines) is 2. The van der Waals surface area contributed by atoms with Crippen LogP contribution in [-0.2, 0) is 35.0 Å². The number of carbonyl (C=O) groups is 5. The van der Waals surface area contributed by atoms with Gasteiger partial charge in [0.2, 0.25) is 18.0 Å². The van der Waals surface area contributed by atoms with Crippen molar-refractivity contribution in [2.45, 2.75) is 110 Å². The third kappa shape index (κ3) is 10.4. The van der Waals surface area contributed by atoms with Gasteiger partial charge in [0.15, 0.2) is 0 Å². The average Bonchev–Trinajstić information content (AvgIpc) is 4.23. The van der Waals surface area contributed by atoms with E-state index in [2.05, 4.69) is 31.7 Å². The zero-order valence-electron chi connectivity index (χ0n) is 42.1. The Morgan fingerprint density at radius 3 is 1.97 bits per heavy atom. The Hall–Kier alpha value is -7.22. The highest BCUT2D eigenvalue weighted by Crippen LogP contribution is 2.48. The van der Waals surface area contributed by atoms with Gasteiger partial charge in [-0.1, -0.05) is 27.7 Å². The number of hydrogen-bond donors (Lipinski definition) is 4. The number of alkyl carbamates (subject to hydrolysis) is 2. The molecule has 0 aliphatic carbocycles.